The van der Waals surface area contributed by atoms with Crippen LogP contribution in [0.1, 0.15) is 10.5 Å². The van der Waals surface area contributed by atoms with Crippen molar-refractivity contribution in [3.05, 3.63) is 30.1 Å². The first kappa shape index (κ1) is 12.9. The highest BCUT2D eigenvalue weighted by molar-refractivity contribution is 7.99. The Hall–Kier alpha value is -1.53. The molecule has 0 aromatic carbocycles. The molecule has 94 valence electrons. The number of hydrogen-bond donors (Lipinski definition) is 1. The highest BCUT2D eigenvalue weighted by atomic mass is 35.5. The van der Waals surface area contributed by atoms with Crippen molar-refractivity contribution in [2.45, 2.75) is 11.7 Å². The van der Waals surface area contributed by atoms with E-state index >= 15 is 0 Å². The molecule has 3 rings (SSSR count). The van der Waals surface area contributed by atoms with E-state index < -0.39 is 5.97 Å². The lowest BCUT2D eigenvalue weighted by Crippen LogP contribution is -2.03. The fraction of sp³-hybridized carbons (Fsp3) is 0.182. The highest BCUT2D eigenvalue weighted by Gasteiger charge is 2.18. The number of aromatic carboxylic acids is 1. The summed E-state index contributed by atoms with van der Waals surface area (Å²) in [6, 6.07) is 5.00. The highest BCUT2D eigenvalue weighted by Crippen LogP contribution is 2.30. The normalized spacial score (nSPS) is 12.9. The number of pyridine rings is 1. The first-order valence-electron chi connectivity index (χ1n) is 5.15. The Kier molecular flexibility index (Phi) is 3.58. The predicted octanol–water partition coefficient (Wildman–Crippen LogP) is 2.17. The Bertz CT molecular complexity index is 600. The molecule has 2 aromatic heterocycles. The van der Waals surface area contributed by atoms with Gasteiger partial charge in [0.2, 0.25) is 0 Å². The number of carbonyl (C=O) groups is 1. The Morgan fingerprint density at radius 1 is 1.44 bits per heavy atom. The van der Waals surface area contributed by atoms with E-state index in [0.29, 0.717) is 5.69 Å². The van der Waals surface area contributed by atoms with Crippen molar-refractivity contribution in [1.29, 1.82) is 0 Å². The van der Waals surface area contributed by atoms with Gasteiger partial charge in [0.1, 0.15) is 5.69 Å². The van der Waals surface area contributed by atoms with Gasteiger partial charge in [0.15, 0.2) is 5.16 Å². The van der Waals surface area contributed by atoms with Gasteiger partial charge in [0.05, 0.1) is 17.6 Å². The Morgan fingerprint density at radius 2 is 2.28 bits per heavy atom. The van der Waals surface area contributed by atoms with Crippen LogP contribution < -0.4 is 0 Å². The molecule has 0 fully saturated rings. The molecule has 5 nitrogen and oxygen atoms in total. The number of imidazole rings is 1. The molecule has 0 aliphatic carbocycles. The largest absolute Gasteiger partial charge is 0.477 e. The van der Waals surface area contributed by atoms with Crippen LogP contribution in [0.15, 0.2) is 29.6 Å². The Labute approximate surface area is 114 Å². The molecule has 1 N–H and O–H groups in total. The lowest BCUT2D eigenvalue weighted by molar-refractivity contribution is 0.0690. The van der Waals surface area contributed by atoms with Crippen LogP contribution >= 0.6 is 24.2 Å². The van der Waals surface area contributed by atoms with Crippen LogP contribution in [0.2, 0.25) is 0 Å². The Morgan fingerprint density at radius 3 is 3.06 bits per heavy atom. The molecule has 0 radical (unpaired) electrons. The van der Waals surface area contributed by atoms with Gasteiger partial charge in [-0.2, -0.15) is 0 Å². The van der Waals surface area contributed by atoms with E-state index in [1.165, 1.54) is 6.07 Å². The van der Waals surface area contributed by atoms with Crippen molar-refractivity contribution in [1.82, 2.24) is 14.5 Å². The van der Waals surface area contributed by atoms with Crippen LogP contribution in [-0.2, 0) is 6.54 Å². The van der Waals surface area contributed by atoms with Crippen molar-refractivity contribution in [3.63, 3.8) is 0 Å². The summed E-state index contributed by atoms with van der Waals surface area (Å²) in [5.74, 6) is -0.00296. The van der Waals surface area contributed by atoms with Crippen LogP contribution in [0, 0.1) is 0 Å². The third-order valence-electron chi connectivity index (χ3n) is 2.60. The molecule has 0 saturated carbocycles. The summed E-state index contributed by atoms with van der Waals surface area (Å²) >= 11 is 1.70. The number of rotatable bonds is 2. The maximum absolute atomic E-state index is 10.9. The van der Waals surface area contributed by atoms with Crippen molar-refractivity contribution in [3.8, 4) is 11.4 Å². The number of nitrogens with zero attached hydrogens (tertiary/aromatic N) is 3. The topological polar surface area (TPSA) is 68.0 Å². The van der Waals surface area contributed by atoms with Gasteiger partial charge in [-0.3, -0.25) is 0 Å². The maximum atomic E-state index is 10.9. The van der Waals surface area contributed by atoms with Crippen LogP contribution in [0.3, 0.4) is 0 Å². The van der Waals surface area contributed by atoms with E-state index in [4.69, 9.17) is 5.11 Å². The number of carboxylic acids is 1. The molecule has 1 aliphatic heterocycles. The van der Waals surface area contributed by atoms with Gasteiger partial charge in [0, 0.05) is 12.3 Å². The summed E-state index contributed by atoms with van der Waals surface area (Å²) in [7, 11) is 0. The fourth-order valence-electron chi connectivity index (χ4n) is 1.82. The van der Waals surface area contributed by atoms with Crippen LogP contribution in [0.5, 0.6) is 0 Å². The Balaban J connectivity index is 0.00000120. The van der Waals surface area contributed by atoms with Crippen molar-refractivity contribution in [2.24, 2.45) is 0 Å². The monoisotopic (exact) mass is 283 g/mol. The number of hydrogen-bond acceptors (Lipinski definition) is 4. The van der Waals surface area contributed by atoms with E-state index in [9.17, 15) is 4.79 Å². The van der Waals surface area contributed by atoms with Crippen LogP contribution in [0.25, 0.3) is 11.4 Å². The zero-order chi connectivity index (χ0) is 11.8. The standard InChI is InChI=1S/C11H9N3O2S.ClH/c15-10(16)8-3-1-2-7(13-8)9-6-12-11-14(9)4-5-17-11;/h1-3,6H,4-5H2,(H,15,16);1H. The minimum atomic E-state index is -1.01. The molecule has 0 saturated heterocycles. The molecular formula is C11H10ClN3O2S. The van der Waals surface area contributed by atoms with Gasteiger partial charge >= 0.3 is 5.97 Å². The van der Waals surface area contributed by atoms with Gasteiger partial charge < -0.3 is 9.67 Å². The molecule has 18 heavy (non-hydrogen) atoms. The molecule has 2 aromatic rings. The lowest BCUT2D eigenvalue weighted by atomic mass is 10.2. The second-order valence-electron chi connectivity index (χ2n) is 3.64. The average Bonchev–Trinajstić information content (AvgIpc) is 2.90. The molecule has 1 aliphatic rings. The van der Waals surface area contributed by atoms with Gasteiger partial charge in [-0.15, -0.1) is 12.4 Å². The number of fused-ring (bicyclic) bond motifs is 1. The van der Waals surface area contributed by atoms with Crippen molar-refractivity contribution < 1.29 is 9.90 Å². The number of thioether (sulfide) groups is 1. The molecule has 0 bridgehead atoms. The molecule has 0 unspecified atom stereocenters. The summed E-state index contributed by atoms with van der Waals surface area (Å²) in [5.41, 5.74) is 1.60. The summed E-state index contributed by atoms with van der Waals surface area (Å²) in [6.07, 6.45) is 1.75. The lowest BCUT2D eigenvalue weighted by Gasteiger charge is -2.04. The smallest absolute Gasteiger partial charge is 0.354 e. The van der Waals surface area contributed by atoms with Gasteiger partial charge in [-0.25, -0.2) is 14.8 Å². The third kappa shape index (κ3) is 2.09. The minimum Gasteiger partial charge on any atom is -0.477 e. The van der Waals surface area contributed by atoms with Gasteiger partial charge in [-0.05, 0) is 12.1 Å². The number of aromatic nitrogens is 3. The molecule has 0 spiro atoms. The van der Waals surface area contributed by atoms with Crippen LogP contribution in [0.4, 0.5) is 0 Å². The SMILES string of the molecule is Cl.O=C(O)c1cccc(-c2cnc3n2CCS3)n1. The molecule has 7 heteroatoms. The quantitative estimate of drug-likeness (QED) is 0.915. The summed E-state index contributed by atoms with van der Waals surface area (Å²) in [6.45, 7) is 0.897. The second kappa shape index (κ2) is 4.99. The number of halogens is 1. The summed E-state index contributed by atoms with van der Waals surface area (Å²) in [4.78, 5) is 19.3. The number of carboxylic acid groups (broad SMARTS) is 1. The first-order chi connectivity index (χ1) is 8.25. The molecule has 3 heterocycles. The average molecular weight is 284 g/mol. The van der Waals surface area contributed by atoms with E-state index in [0.717, 1.165) is 23.1 Å². The third-order valence-corrected chi connectivity index (χ3v) is 3.57. The zero-order valence-corrected chi connectivity index (χ0v) is 10.9. The zero-order valence-electron chi connectivity index (χ0n) is 9.24. The summed E-state index contributed by atoms with van der Waals surface area (Å²) < 4.78 is 2.07. The van der Waals surface area contributed by atoms with E-state index in [1.807, 2.05) is 0 Å². The molecule has 0 atom stereocenters. The van der Waals surface area contributed by atoms with Gasteiger partial charge in [0.25, 0.3) is 0 Å². The van der Waals surface area contributed by atoms with Crippen molar-refractivity contribution >= 4 is 30.1 Å². The second-order valence-corrected chi connectivity index (χ2v) is 4.70. The van der Waals surface area contributed by atoms with Gasteiger partial charge in [-0.1, -0.05) is 17.8 Å². The maximum Gasteiger partial charge on any atom is 0.354 e. The molecule has 0 amide bonds. The van der Waals surface area contributed by atoms with Crippen molar-refractivity contribution in [2.75, 3.05) is 5.75 Å². The molecular weight excluding hydrogens is 274 g/mol. The van der Waals surface area contributed by atoms with E-state index in [1.54, 1.807) is 30.1 Å². The first-order valence-corrected chi connectivity index (χ1v) is 6.13. The van der Waals surface area contributed by atoms with Crippen LogP contribution in [-0.4, -0.2) is 31.4 Å². The summed E-state index contributed by atoms with van der Waals surface area (Å²) in [5, 5.41) is 9.89. The fourth-order valence-corrected chi connectivity index (χ4v) is 2.75. The minimum absolute atomic E-state index is 0. The predicted molar refractivity (Wildman–Crippen MR) is 70.4 cm³/mol. The van der Waals surface area contributed by atoms with E-state index in [-0.39, 0.29) is 18.1 Å². The van der Waals surface area contributed by atoms with E-state index in [2.05, 4.69) is 14.5 Å².